The van der Waals surface area contributed by atoms with Crippen molar-refractivity contribution in [2.45, 2.75) is 25.5 Å². The van der Waals surface area contributed by atoms with Crippen LogP contribution >= 0.6 is 0 Å². The molecule has 5 nitrogen and oxygen atoms in total. The van der Waals surface area contributed by atoms with Gasteiger partial charge in [0.1, 0.15) is 5.75 Å². The molecular formula is C25H26N2O3. The van der Waals surface area contributed by atoms with Crippen LogP contribution in [0.15, 0.2) is 78.9 Å². The minimum absolute atomic E-state index is 0.0297. The van der Waals surface area contributed by atoms with E-state index in [1.54, 1.807) is 17.0 Å². The van der Waals surface area contributed by atoms with Gasteiger partial charge in [-0.2, -0.15) is 0 Å². The van der Waals surface area contributed by atoms with E-state index in [1.165, 1.54) is 0 Å². The number of ether oxygens (including phenoxy) is 1. The quantitative estimate of drug-likeness (QED) is 0.590. The normalized spacial score (nSPS) is 15.7. The van der Waals surface area contributed by atoms with Crippen molar-refractivity contribution in [1.29, 1.82) is 0 Å². The third kappa shape index (κ3) is 4.99. The number of aromatic hydroxyl groups is 1. The molecule has 3 aromatic rings. The second kappa shape index (κ2) is 9.46. The Morgan fingerprint density at radius 2 is 1.67 bits per heavy atom. The molecule has 3 aromatic carbocycles. The molecule has 0 bridgehead atoms. The molecule has 4 rings (SSSR count). The Balaban J connectivity index is 1.47. The van der Waals surface area contributed by atoms with Gasteiger partial charge in [-0.3, -0.25) is 0 Å². The van der Waals surface area contributed by atoms with Gasteiger partial charge in [-0.1, -0.05) is 60.7 Å². The first kappa shape index (κ1) is 20.0. The maximum atomic E-state index is 13.0. The van der Waals surface area contributed by atoms with Gasteiger partial charge in [0.25, 0.3) is 0 Å². The van der Waals surface area contributed by atoms with E-state index in [0.29, 0.717) is 18.7 Å². The Morgan fingerprint density at radius 3 is 2.37 bits per heavy atom. The molecule has 0 saturated carbocycles. The van der Waals surface area contributed by atoms with Crippen molar-refractivity contribution < 1.29 is 14.6 Å². The van der Waals surface area contributed by atoms with Crippen molar-refractivity contribution in [1.82, 2.24) is 4.90 Å². The van der Waals surface area contributed by atoms with Gasteiger partial charge in [0.05, 0.1) is 12.6 Å². The van der Waals surface area contributed by atoms with E-state index in [-0.39, 0.29) is 17.9 Å². The number of carbonyl (C=O) groups excluding carboxylic acids is 1. The number of phenols is 1. The molecular weight excluding hydrogens is 376 g/mol. The minimum Gasteiger partial charge on any atom is -0.508 e. The van der Waals surface area contributed by atoms with Crippen LogP contribution in [0.5, 0.6) is 5.75 Å². The van der Waals surface area contributed by atoms with E-state index >= 15 is 0 Å². The first-order chi connectivity index (χ1) is 14.7. The van der Waals surface area contributed by atoms with Crippen LogP contribution in [0, 0.1) is 0 Å². The van der Waals surface area contributed by atoms with Gasteiger partial charge >= 0.3 is 6.03 Å². The molecule has 1 atom stereocenters. The Bertz CT molecular complexity index is 967. The summed E-state index contributed by atoms with van der Waals surface area (Å²) in [6.45, 7) is 1.54. The summed E-state index contributed by atoms with van der Waals surface area (Å²) in [4.78, 5) is 14.8. The van der Waals surface area contributed by atoms with Crippen molar-refractivity contribution >= 4 is 11.7 Å². The van der Waals surface area contributed by atoms with Gasteiger partial charge in [-0.05, 0) is 42.2 Å². The predicted octanol–water partition coefficient (Wildman–Crippen LogP) is 5.27. The van der Waals surface area contributed by atoms with Gasteiger partial charge in [0.2, 0.25) is 0 Å². The van der Waals surface area contributed by atoms with Crippen LogP contribution in [0.2, 0.25) is 0 Å². The molecule has 1 aliphatic rings. The zero-order valence-electron chi connectivity index (χ0n) is 16.8. The highest BCUT2D eigenvalue weighted by atomic mass is 16.5. The standard InChI is InChI=1S/C25H26N2O3/c28-24-11-5-4-9-21(24)17-27(18-23-10-6-16-30-23)25(29)26-22-14-12-20(13-15-22)19-7-2-1-3-8-19/h1-5,7-9,11-15,23,28H,6,10,16-18H2,(H,26,29). The highest BCUT2D eigenvalue weighted by Gasteiger charge is 2.23. The molecule has 0 radical (unpaired) electrons. The Labute approximate surface area is 176 Å². The Morgan fingerprint density at radius 1 is 0.967 bits per heavy atom. The summed E-state index contributed by atoms with van der Waals surface area (Å²) in [7, 11) is 0. The van der Waals surface area contributed by atoms with Crippen molar-refractivity contribution in [3.05, 3.63) is 84.4 Å². The lowest BCUT2D eigenvalue weighted by Gasteiger charge is -2.26. The lowest BCUT2D eigenvalue weighted by Crippen LogP contribution is -2.39. The topological polar surface area (TPSA) is 61.8 Å². The zero-order chi connectivity index (χ0) is 20.8. The Kier molecular flexibility index (Phi) is 6.30. The van der Waals surface area contributed by atoms with E-state index in [1.807, 2.05) is 54.6 Å². The number of para-hydroxylation sites is 1. The van der Waals surface area contributed by atoms with Gasteiger partial charge in [-0.15, -0.1) is 0 Å². The molecule has 0 aromatic heterocycles. The van der Waals surface area contributed by atoms with Crippen LogP contribution in [-0.4, -0.2) is 35.3 Å². The fourth-order valence-corrected chi connectivity index (χ4v) is 3.68. The first-order valence-electron chi connectivity index (χ1n) is 10.3. The van der Waals surface area contributed by atoms with Crippen LogP contribution in [0.25, 0.3) is 11.1 Å². The van der Waals surface area contributed by atoms with E-state index in [0.717, 1.165) is 36.3 Å². The number of carbonyl (C=O) groups is 1. The maximum Gasteiger partial charge on any atom is 0.322 e. The molecule has 5 heteroatoms. The minimum atomic E-state index is -0.207. The van der Waals surface area contributed by atoms with Gasteiger partial charge in [0, 0.05) is 24.4 Å². The highest BCUT2D eigenvalue weighted by molar-refractivity contribution is 5.89. The second-order valence-corrected chi connectivity index (χ2v) is 7.52. The smallest absolute Gasteiger partial charge is 0.322 e. The number of hydrogen-bond donors (Lipinski definition) is 2. The summed E-state index contributed by atoms with van der Waals surface area (Å²) in [6, 6.07) is 24.8. The van der Waals surface area contributed by atoms with Crippen LogP contribution in [0.4, 0.5) is 10.5 Å². The van der Waals surface area contributed by atoms with Crippen LogP contribution < -0.4 is 5.32 Å². The molecule has 0 aliphatic carbocycles. The molecule has 0 spiro atoms. The number of phenolic OH excluding ortho intramolecular Hbond substituents is 1. The van der Waals surface area contributed by atoms with Gasteiger partial charge in [-0.25, -0.2) is 4.79 Å². The highest BCUT2D eigenvalue weighted by Crippen LogP contribution is 2.23. The fourth-order valence-electron chi connectivity index (χ4n) is 3.68. The number of nitrogens with one attached hydrogen (secondary N) is 1. The molecule has 1 unspecified atom stereocenters. The lowest BCUT2D eigenvalue weighted by atomic mass is 10.1. The average Bonchev–Trinajstić information content (AvgIpc) is 3.29. The van der Waals surface area contributed by atoms with Gasteiger partial charge < -0.3 is 20.1 Å². The number of anilines is 1. The first-order valence-corrected chi connectivity index (χ1v) is 10.3. The summed E-state index contributed by atoms with van der Waals surface area (Å²) in [5, 5.41) is 13.1. The summed E-state index contributed by atoms with van der Waals surface area (Å²) < 4.78 is 5.73. The molecule has 1 saturated heterocycles. The summed E-state index contributed by atoms with van der Waals surface area (Å²) in [5.74, 6) is 0.190. The van der Waals surface area contributed by atoms with E-state index in [2.05, 4.69) is 17.4 Å². The number of hydrogen-bond acceptors (Lipinski definition) is 3. The molecule has 1 aliphatic heterocycles. The van der Waals surface area contributed by atoms with Crippen molar-refractivity contribution in [3.8, 4) is 16.9 Å². The number of benzene rings is 3. The van der Waals surface area contributed by atoms with Crippen molar-refractivity contribution in [3.63, 3.8) is 0 Å². The summed E-state index contributed by atoms with van der Waals surface area (Å²) >= 11 is 0. The summed E-state index contributed by atoms with van der Waals surface area (Å²) in [6.07, 6.45) is 1.98. The number of amides is 2. The predicted molar refractivity (Wildman–Crippen MR) is 118 cm³/mol. The lowest BCUT2D eigenvalue weighted by molar-refractivity contribution is 0.0817. The van der Waals surface area contributed by atoms with Crippen LogP contribution in [0.3, 0.4) is 0 Å². The second-order valence-electron chi connectivity index (χ2n) is 7.52. The molecule has 1 heterocycles. The van der Waals surface area contributed by atoms with Crippen LogP contribution in [0.1, 0.15) is 18.4 Å². The molecule has 1 fully saturated rings. The largest absolute Gasteiger partial charge is 0.508 e. The molecule has 154 valence electrons. The number of urea groups is 1. The third-order valence-electron chi connectivity index (χ3n) is 5.33. The molecule has 2 N–H and O–H groups in total. The zero-order valence-corrected chi connectivity index (χ0v) is 16.8. The number of nitrogens with zero attached hydrogens (tertiary/aromatic N) is 1. The van der Waals surface area contributed by atoms with Crippen molar-refractivity contribution in [2.24, 2.45) is 0 Å². The maximum absolute atomic E-state index is 13.0. The summed E-state index contributed by atoms with van der Waals surface area (Å²) in [5.41, 5.74) is 3.67. The monoisotopic (exact) mass is 402 g/mol. The molecule has 2 amide bonds. The number of rotatable bonds is 6. The molecule has 30 heavy (non-hydrogen) atoms. The van der Waals surface area contributed by atoms with E-state index in [9.17, 15) is 9.90 Å². The van der Waals surface area contributed by atoms with Crippen molar-refractivity contribution in [2.75, 3.05) is 18.5 Å². The average molecular weight is 402 g/mol. The van der Waals surface area contributed by atoms with E-state index < -0.39 is 0 Å². The SMILES string of the molecule is O=C(Nc1ccc(-c2ccccc2)cc1)N(Cc1ccccc1O)CC1CCCO1. The Hall–Kier alpha value is -3.31. The van der Waals surface area contributed by atoms with Gasteiger partial charge in [0.15, 0.2) is 0 Å². The fraction of sp³-hybridized carbons (Fsp3) is 0.240. The van der Waals surface area contributed by atoms with Crippen LogP contribution in [-0.2, 0) is 11.3 Å². The van der Waals surface area contributed by atoms with E-state index in [4.69, 9.17) is 4.74 Å². The third-order valence-corrected chi connectivity index (χ3v) is 5.33.